The number of nitrogens with one attached hydrogen (secondary N) is 1. The van der Waals surface area contributed by atoms with E-state index >= 15 is 0 Å². The molecule has 0 spiro atoms. The van der Waals surface area contributed by atoms with Crippen LogP contribution in [0.5, 0.6) is 0 Å². The van der Waals surface area contributed by atoms with Gasteiger partial charge in [-0.1, -0.05) is 20.8 Å². The van der Waals surface area contributed by atoms with Gasteiger partial charge < -0.3 is 9.12 Å². The molecule has 11 heteroatoms. The molecule has 2 aromatic heterocycles. The van der Waals surface area contributed by atoms with Crippen LogP contribution in [-0.4, -0.2) is 25.3 Å². The first-order chi connectivity index (χ1) is 16.4. The summed E-state index contributed by atoms with van der Waals surface area (Å²) in [6.45, 7) is 11.0. The molecule has 0 bridgehead atoms. The van der Waals surface area contributed by atoms with E-state index in [1.165, 1.54) is 18.3 Å². The minimum Gasteiger partial charge on any atom is -0.598 e. The van der Waals surface area contributed by atoms with Crippen LogP contribution in [0.2, 0.25) is 0 Å². The minimum absolute atomic E-state index is 0.0746. The Balaban J connectivity index is 2.23. The van der Waals surface area contributed by atoms with Gasteiger partial charge in [-0.15, -0.1) is 4.72 Å². The molecule has 198 valence electrons. The molecule has 0 amide bonds. The number of benzene rings is 1. The van der Waals surface area contributed by atoms with Crippen molar-refractivity contribution in [3.63, 3.8) is 0 Å². The molecule has 3 aromatic rings. The summed E-state index contributed by atoms with van der Waals surface area (Å²) in [5.74, 6) is -1.04. The van der Waals surface area contributed by atoms with Crippen molar-refractivity contribution < 1.29 is 30.9 Å². The zero-order chi connectivity index (χ0) is 27.2. The second-order valence-corrected chi connectivity index (χ2v) is 12.8. The highest BCUT2D eigenvalue weighted by Crippen LogP contribution is 2.39. The Labute approximate surface area is 209 Å². The molecule has 0 aliphatic rings. The Morgan fingerprint density at radius 3 is 2.19 bits per heavy atom. The first kappa shape index (κ1) is 28.3. The van der Waals surface area contributed by atoms with Crippen LogP contribution in [0.25, 0.3) is 22.3 Å². The molecule has 1 N–H and O–H groups in total. The van der Waals surface area contributed by atoms with Crippen molar-refractivity contribution in [1.82, 2.24) is 14.3 Å². The van der Waals surface area contributed by atoms with Crippen molar-refractivity contribution in [3.05, 3.63) is 53.5 Å². The molecular weight excluding hydrogens is 504 g/mol. The van der Waals surface area contributed by atoms with Crippen molar-refractivity contribution in [2.75, 3.05) is 0 Å². The minimum atomic E-state index is -4.83. The lowest BCUT2D eigenvalue weighted by Gasteiger charge is -2.27. The Bertz CT molecular complexity index is 1230. The number of hydrogen-bond donors (Lipinski definition) is 1. The van der Waals surface area contributed by atoms with Gasteiger partial charge in [-0.25, -0.2) is 18.2 Å². The Morgan fingerprint density at radius 1 is 1.03 bits per heavy atom. The Kier molecular flexibility index (Phi) is 7.80. The summed E-state index contributed by atoms with van der Waals surface area (Å²) in [6, 6.07) is 3.43. The van der Waals surface area contributed by atoms with Gasteiger partial charge in [-0.2, -0.15) is 13.2 Å². The largest absolute Gasteiger partial charge is 0.598 e. The molecule has 0 saturated carbocycles. The molecule has 2 heterocycles. The number of fused-ring (bicyclic) bond motifs is 1. The molecule has 0 aliphatic heterocycles. The summed E-state index contributed by atoms with van der Waals surface area (Å²) in [4.78, 5) is 4.42. The van der Waals surface area contributed by atoms with E-state index in [0.29, 0.717) is 18.0 Å². The quantitative estimate of drug-likeness (QED) is 0.268. The predicted molar refractivity (Wildman–Crippen MR) is 129 cm³/mol. The van der Waals surface area contributed by atoms with E-state index in [2.05, 4.69) is 9.71 Å². The highest BCUT2D eigenvalue weighted by atomic mass is 32.2. The maximum absolute atomic E-state index is 14.2. The van der Waals surface area contributed by atoms with Gasteiger partial charge in [-0.05, 0) is 56.5 Å². The van der Waals surface area contributed by atoms with Crippen molar-refractivity contribution in [3.8, 4) is 11.3 Å². The molecule has 3 rings (SSSR count). The van der Waals surface area contributed by atoms with Crippen molar-refractivity contribution in [1.29, 1.82) is 0 Å². The lowest BCUT2D eigenvalue weighted by molar-refractivity contribution is -0.137. The number of rotatable bonds is 6. The lowest BCUT2D eigenvalue weighted by Crippen LogP contribution is -2.43. The SMILES string of the molecule is CC(C)(C)Cn1cc([C@H](N[S+]([O-])C(C)(C)C)C(F)F)c2ccc(-c3ccc(F)cc3C(F)(F)F)nc21. The van der Waals surface area contributed by atoms with Crippen LogP contribution in [0, 0.1) is 11.2 Å². The summed E-state index contributed by atoms with van der Waals surface area (Å²) >= 11 is -1.81. The van der Waals surface area contributed by atoms with E-state index in [-0.39, 0.29) is 27.9 Å². The second kappa shape index (κ2) is 9.90. The summed E-state index contributed by atoms with van der Waals surface area (Å²) in [5, 5.41) is 0.294. The van der Waals surface area contributed by atoms with Crippen LogP contribution in [-0.2, 0) is 24.1 Å². The van der Waals surface area contributed by atoms with Gasteiger partial charge in [0.05, 0.1) is 11.3 Å². The molecule has 0 radical (unpaired) electrons. The summed E-state index contributed by atoms with van der Waals surface area (Å²) in [6.07, 6.45) is -6.27. The zero-order valence-corrected chi connectivity index (χ0v) is 21.6. The van der Waals surface area contributed by atoms with Gasteiger partial charge in [0.2, 0.25) is 0 Å². The molecule has 1 unspecified atom stereocenters. The van der Waals surface area contributed by atoms with Crippen LogP contribution in [0.4, 0.5) is 26.3 Å². The third-order valence-electron chi connectivity index (χ3n) is 5.34. The molecule has 0 saturated heterocycles. The van der Waals surface area contributed by atoms with Gasteiger partial charge in [0.15, 0.2) is 0 Å². The first-order valence-corrected chi connectivity index (χ1v) is 12.4. The highest BCUT2D eigenvalue weighted by molar-refractivity contribution is 7.90. The molecule has 0 fully saturated rings. The zero-order valence-electron chi connectivity index (χ0n) is 20.8. The standard InChI is InChI=1S/C25H29F6N3OS/c1-23(2,3)13-34-12-17(20(21(27)28)33-36(35)24(4,5)6)15-9-10-19(32-22(15)34)16-8-7-14(26)11-18(16)25(29,30)31/h7-12,20-21,33H,13H2,1-6H3/t20-,36?/m0/s1. The van der Waals surface area contributed by atoms with E-state index < -0.39 is 46.1 Å². The molecule has 0 aliphatic carbocycles. The van der Waals surface area contributed by atoms with E-state index in [4.69, 9.17) is 0 Å². The third-order valence-corrected chi connectivity index (χ3v) is 6.92. The number of hydrogen-bond acceptors (Lipinski definition) is 3. The smallest absolute Gasteiger partial charge is 0.417 e. The monoisotopic (exact) mass is 533 g/mol. The number of aromatic nitrogens is 2. The van der Waals surface area contributed by atoms with E-state index in [1.54, 1.807) is 25.3 Å². The molecular formula is C25H29F6N3OS. The van der Waals surface area contributed by atoms with Crippen molar-refractivity contribution >= 4 is 22.4 Å². The van der Waals surface area contributed by atoms with Crippen LogP contribution < -0.4 is 4.72 Å². The van der Waals surface area contributed by atoms with Crippen LogP contribution in [0.3, 0.4) is 0 Å². The maximum Gasteiger partial charge on any atom is 0.417 e. The van der Waals surface area contributed by atoms with Gasteiger partial charge >= 0.3 is 6.18 Å². The third kappa shape index (κ3) is 6.36. The lowest BCUT2D eigenvalue weighted by atomic mass is 9.97. The van der Waals surface area contributed by atoms with Gasteiger partial charge in [0.25, 0.3) is 6.43 Å². The van der Waals surface area contributed by atoms with E-state index in [1.807, 2.05) is 20.8 Å². The van der Waals surface area contributed by atoms with Gasteiger partial charge in [0.1, 0.15) is 22.3 Å². The average Bonchev–Trinajstić information content (AvgIpc) is 3.05. The average molecular weight is 534 g/mol. The molecule has 1 aromatic carbocycles. The number of pyridine rings is 1. The highest BCUT2D eigenvalue weighted by Gasteiger charge is 2.37. The Morgan fingerprint density at radius 2 is 1.67 bits per heavy atom. The Hall–Kier alpha value is -2.24. The van der Waals surface area contributed by atoms with E-state index in [0.717, 1.165) is 12.1 Å². The number of nitrogens with zero attached hydrogens (tertiary/aromatic N) is 2. The fourth-order valence-electron chi connectivity index (χ4n) is 3.74. The van der Waals surface area contributed by atoms with Crippen LogP contribution >= 0.6 is 0 Å². The van der Waals surface area contributed by atoms with Crippen molar-refractivity contribution in [2.24, 2.45) is 5.41 Å². The van der Waals surface area contributed by atoms with E-state index in [9.17, 15) is 30.9 Å². The summed E-state index contributed by atoms with van der Waals surface area (Å²) < 4.78 is 98.8. The van der Waals surface area contributed by atoms with Crippen LogP contribution in [0.15, 0.2) is 36.5 Å². The summed E-state index contributed by atoms with van der Waals surface area (Å²) in [5.41, 5.74) is -1.57. The number of halogens is 6. The molecule has 2 atom stereocenters. The fraction of sp³-hybridized carbons (Fsp3) is 0.480. The van der Waals surface area contributed by atoms with Gasteiger partial charge in [-0.3, -0.25) is 0 Å². The van der Waals surface area contributed by atoms with Crippen LogP contribution in [0.1, 0.15) is 58.7 Å². The predicted octanol–water partition coefficient (Wildman–Crippen LogP) is 7.27. The first-order valence-electron chi connectivity index (χ1n) is 11.2. The second-order valence-electron chi connectivity index (χ2n) is 10.8. The maximum atomic E-state index is 14.2. The molecule has 36 heavy (non-hydrogen) atoms. The molecule has 4 nitrogen and oxygen atoms in total. The van der Waals surface area contributed by atoms with Gasteiger partial charge in [0, 0.05) is 40.6 Å². The normalized spacial score (nSPS) is 15.1. The van der Waals surface area contributed by atoms with Crippen molar-refractivity contribution in [2.45, 2.75) is 71.5 Å². The number of alkyl halides is 5. The summed E-state index contributed by atoms with van der Waals surface area (Å²) in [7, 11) is 0. The fourth-order valence-corrected chi connectivity index (χ4v) is 4.55. The topological polar surface area (TPSA) is 52.9 Å².